The Kier molecular flexibility index (Phi) is 3.37. The molecule has 0 aliphatic carbocycles. The Hall–Kier alpha value is -2.36. The first kappa shape index (κ1) is 13.6. The molecular formula is C17H19N3O. The Balaban J connectivity index is 2.20. The van der Waals surface area contributed by atoms with Crippen molar-refractivity contribution in [3.63, 3.8) is 0 Å². The van der Waals surface area contributed by atoms with Crippen molar-refractivity contribution in [2.75, 3.05) is 13.1 Å². The molecule has 4 nitrogen and oxygen atoms in total. The minimum absolute atomic E-state index is 0.0859. The van der Waals surface area contributed by atoms with Crippen LogP contribution in [0, 0.1) is 0 Å². The van der Waals surface area contributed by atoms with Gasteiger partial charge in [-0.3, -0.25) is 4.79 Å². The number of carbonyl (C=O) groups is 1. The highest BCUT2D eigenvalue weighted by Crippen LogP contribution is 2.27. The smallest absolute Gasteiger partial charge is 0.253 e. The summed E-state index contributed by atoms with van der Waals surface area (Å²) in [5.74, 6) is 0.0859. The molecule has 0 N–H and O–H groups in total. The number of fused-ring (bicyclic) bond motifs is 3. The fourth-order valence-corrected chi connectivity index (χ4v) is 2.86. The number of aromatic nitrogens is 2. The van der Waals surface area contributed by atoms with E-state index in [-0.39, 0.29) is 5.91 Å². The maximum absolute atomic E-state index is 12.5. The molecule has 0 saturated heterocycles. The molecule has 0 aliphatic heterocycles. The lowest BCUT2D eigenvalue weighted by atomic mass is 10.1. The lowest BCUT2D eigenvalue weighted by molar-refractivity contribution is 0.0773. The molecule has 0 aliphatic rings. The number of rotatable bonds is 3. The van der Waals surface area contributed by atoms with Crippen molar-refractivity contribution < 1.29 is 4.79 Å². The second-order valence-corrected chi connectivity index (χ2v) is 5.14. The number of aryl methyl sites for hydroxylation is 1. The molecule has 2 aromatic heterocycles. The van der Waals surface area contributed by atoms with Crippen LogP contribution >= 0.6 is 0 Å². The zero-order valence-electron chi connectivity index (χ0n) is 12.6. The fourth-order valence-electron chi connectivity index (χ4n) is 2.86. The van der Waals surface area contributed by atoms with Crippen molar-refractivity contribution in [1.82, 2.24) is 14.5 Å². The summed E-state index contributed by atoms with van der Waals surface area (Å²) in [4.78, 5) is 18.8. The summed E-state index contributed by atoms with van der Waals surface area (Å²) < 4.78 is 2.07. The van der Waals surface area contributed by atoms with E-state index >= 15 is 0 Å². The summed E-state index contributed by atoms with van der Waals surface area (Å²) in [7, 11) is 2.00. The summed E-state index contributed by atoms with van der Waals surface area (Å²) in [5.41, 5.74) is 2.78. The van der Waals surface area contributed by atoms with Gasteiger partial charge in [0.15, 0.2) is 0 Å². The van der Waals surface area contributed by atoms with Gasteiger partial charge in [0.05, 0.1) is 5.52 Å². The molecule has 1 amide bonds. The third-order valence-corrected chi connectivity index (χ3v) is 4.05. The summed E-state index contributed by atoms with van der Waals surface area (Å²) >= 11 is 0. The van der Waals surface area contributed by atoms with Gasteiger partial charge in [0.2, 0.25) is 0 Å². The van der Waals surface area contributed by atoms with Crippen LogP contribution in [0.1, 0.15) is 24.2 Å². The first-order valence-corrected chi connectivity index (χ1v) is 7.29. The second-order valence-electron chi connectivity index (χ2n) is 5.14. The van der Waals surface area contributed by atoms with Crippen LogP contribution in [0.3, 0.4) is 0 Å². The third kappa shape index (κ3) is 2.07. The highest BCUT2D eigenvalue weighted by atomic mass is 16.2. The number of amides is 1. The normalized spacial score (nSPS) is 11.2. The van der Waals surface area contributed by atoms with Gasteiger partial charge < -0.3 is 9.47 Å². The molecule has 4 heteroatoms. The molecule has 3 rings (SSSR count). The van der Waals surface area contributed by atoms with E-state index in [0.717, 1.165) is 40.6 Å². The molecule has 2 heterocycles. The molecule has 108 valence electrons. The number of hydrogen-bond acceptors (Lipinski definition) is 2. The lowest BCUT2D eigenvalue weighted by Crippen LogP contribution is -2.30. The van der Waals surface area contributed by atoms with Crippen LogP contribution in [0.5, 0.6) is 0 Å². The fraction of sp³-hybridized carbons (Fsp3) is 0.294. The van der Waals surface area contributed by atoms with Gasteiger partial charge in [0, 0.05) is 42.7 Å². The summed E-state index contributed by atoms with van der Waals surface area (Å²) in [6.07, 6.45) is 1.79. The predicted octanol–water partition coefficient (Wildman–Crippen LogP) is 3.21. The van der Waals surface area contributed by atoms with Crippen molar-refractivity contribution in [3.8, 4) is 0 Å². The van der Waals surface area contributed by atoms with E-state index in [1.165, 1.54) is 0 Å². The van der Waals surface area contributed by atoms with Crippen LogP contribution in [0.4, 0.5) is 0 Å². The second kappa shape index (κ2) is 5.20. The van der Waals surface area contributed by atoms with Gasteiger partial charge in [-0.2, -0.15) is 0 Å². The van der Waals surface area contributed by atoms with E-state index in [4.69, 9.17) is 0 Å². The Morgan fingerprint density at radius 3 is 2.67 bits per heavy atom. The molecule has 0 radical (unpaired) electrons. The lowest BCUT2D eigenvalue weighted by Gasteiger charge is -2.18. The Morgan fingerprint density at radius 2 is 1.95 bits per heavy atom. The van der Waals surface area contributed by atoms with Crippen molar-refractivity contribution >= 4 is 27.8 Å². The first-order chi connectivity index (χ1) is 10.2. The molecule has 1 aromatic carbocycles. The maximum Gasteiger partial charge on any atom is 0.253 e. The molecule has 3 aromatic rings. The molecule has 0 bridgehead atoms. The molecule has 0 saturated carbocycles. The Bertz CT molecular complexity index is 815. The number of benzene rings is 1. The summed E-state index contributed by atoms with van der Waals surface area (Å²) in [6, 6.07) is 9.88. The zero-order valence-corrected chi connectivity index (χ0v) is 12.6. The van der Waals surface area contributed by atoms with Crippen LogP contribution in [0.25, 0.3) is 21.9 Å². The average molecular weight is 281 g/mol. The Morgan fingerprint density at radius 1 is 1.19 bits per heavy atom. The molecule has 0 fully saturated rings. The van der Waals surface area contributed by atoms with Gasteiger partial charge in [0.1, 0.15) is 5.65 Å². The summed E-state index contributed by atoms with van der Waals surface area (Å²) in [6.45, 7) is 5.46. The highest BCUT2D eigenvalue weighted by molar-refractivity contribution is 6.09. The van der Waals surface area contributed by atoms with Gasteiger partial charge in [0.25, 0.3) is 5.91 Å². The van der Waals surface area contributed by atoms with E-state index in [1.54, 1.807) is 6.20 Å². The minimum atomic E-state index is 0.0859. The van der Waals surface area contributed by atoms with E-state index < -0.39 is 0 Å². The van der Waals surface area contributed by atoms with E-state index in [2.05, 4.69) is 15.6 Å². The third-order valence-electron chi connectivity index (χ3n) is 4.05. The first-order valence-electron chi connectivity index (χ1n) is 7.29. The zero-order chi connectivity index (χ0) is 15.0. The van der Waals surface area contributed by atoms with E-state index in [0.29, 0.717) is 0 Å². The SMILES string of the molecule is CCN(CC)C(=O)c1ccc2c(c1)c1cccnc1n2C. The number of nitrogens with zero attached hydrogens (tertiary/aromatic N) is 3. The molecular weight excluding hydrogens is 262 g/mol. The molecule has 0 atom stereocenters. The predicted molar refractivity (Wildman–Crippen MR) is 85.5 cm³/mol. The average Bonchev–Trinajstić information content (AvgIpc) is 2.81. The van der Waals surface area contributed by atoms with Gasteiger partial charge in [-0.05, 0) is 44.2 Å². The topological polar surface area (TPSA) is 38.1 Å². The van der Waals surface area contributed by atoms with Crippen molar-refractivity contribution in [2.24, 2.45) is 7.05 Å². The highest BCUT2D eigenvalue weighted by Gasteiger charge is 2.15. The van der Waals surface area contributed by atoms with Crippen LogP contribution in [-0.2, 0) is 7.05 Å². The van der Waals surface area contributed by atoms with Gasteiger partial charge in [-0.1, -0.05) is 0 Å². The van der Waals surface area contributed by atoms with Crippen LogP contribution in [0.15, 0.2) is 36.5 Å². The van der Waals surface area contributed by atoms with Crippen LogP contribution in [0.2, 0.25) is 0 Å². The maximum atomic E-state index is 12.5. The monoisotopic (exact) mass is 281 g/mol. The van der Waals surface area contributed by atoms with Crippen molar-refractivity contribution in [2.45, 2.75) is 13.8 Å². The van der Waals surface area contributed by atoms with Crippen molar-refractivity contribution in [1.29, 1.82) is 0 Å². The molecule has 0 spiro atoms. The standard InChI is InChI=1S/C17H19N3O/c1-4-20(5-2)17(21)12-8-9-15-14(11-12)13-7-6-10-18-16(13)19(15)3/h6-11H,4-5H2,1-3H3. The van der Waals surface area contributed by atoms with Crippen molar-refractivity contribution in [3.05, 3.63) is 42.1 Å². The molecule has 0 unspecified atom stereocenters. The number of hydrogen-bond donors (Lipinski definition) is 0. The van der Waals surface area contributed by atoms with Gasteiger partial charge >= 0.3 is 0 Å². The van der Waals surface area contributed by atoms with E-state index in [1.807, 2.05) is 50.1 Å². The number of carbonyl (C=O) groups excluding carboxylic acids is 1. The van der Waals surface area contributed by atoms with Gasteiger partial charge in [-0.15, -0.1) is 0 Å². The minimum Gasteiger partial charge on any atom is -0.339 e. The summed E-state index contributed by atoms with van der Waals surface area (Å²) in [5, 5.41) is 2.17. The van der Waals surface area contributed by atoms with Gasteiger partial charge in [-0.25, -0.2) is 4.98 Å². The largest absolute Gasteiger partial charge is 0.339 e. The van der Waals surface area contributed by atoms with E-state index in [9.17, 15) is 4.79 Å². The number of pyridine rings is 1. The van der Waals surface area contributed by atoms with Crippen LogP contribution < -0.4 is 0 Å². The quantitative estimate of drug-likeness (QED) is 0.739. The van der Waals surface area contributed by atoms with Crippen LogP contribution in [-0.4, -0.2) is 33.4 Å². The molecule has 21 heavy (non-hydrogen) atoms. The Labute approximate surface area is 124 Å².